The van der Waals surface area contributed by atoms with Crippen LogP contribution in [-0.2, 0) is 14.9 Å². The smallest absolute Gasteiger partial charge is 0.320 e. The summed E-state index contributed by atoms with van der Waals surface area (Å²) in [7, 11) is -3.79. The Labute approximate surface area is 99.7 Å². The van der Waals surface area contributed by atoms with Crippen LogP contribution in [0.4, 0.5) is 0 Å². The molecule has 8 heteroatoms. The van der Waals surface area contributed by atoms with Gasteiger partial charge in [-0.25, -0.2) is 0 Å². The zero-order valence-corrected chi connectivity index (χ0v) is 10.6. The molecule has 0 aliphatic heterocycles. The summed E-state index contributed by atoms with van der Waals surface area (Å²) in [4.78, 5) is 10.1. The fourth-order valence-electron chi connectivity index (χ4n) is 0.517. The van der Waals surface area contributed by atoms with Crippen LogP contribution in [-0.4, -0.2) is 47.8 Å². The minimum absolute atomic E-state index is 0.368. The summed E-state index contributed by atoms with van der Waals surface area (Å²) in [5, 5.41) is 8.27. The molecule has 96 valence electrons. The van der Waals surface area contributed by atoms with E-state index in [-0.39, 0.29) is 5.75 Å². The molecule has 0 radical (unpaired) electrons. The second-order valence-electron chi connectivity index (χ2n) is 2.76. The van der Waals surface area contributed by atoms with Crippen molar-refractivity contribution in [1.82, 2.24) is 0 Å². The average Bonchev–Trinajstić information content (AvgIpc) is 2.13. The normalized spacial score (nSPS) is 12.2. The van der Waals surface area contributed by atoms with Gasteiger partial charge >= 0.3 is 5.97 Å². The van der Waals surface area contributed by atoms with Crippen molar-refractivity contribution < 1.29 is 22.9 Å². The van der Waals surface area contributed by atoms with Gasteiger partial charge < -0.3 is 10.8 Å². The average molecular weight is 271 g/mol. The topological polar surface area (TPSA) is 118 Å². The summed E-state index contributed by atoms with van der Waals surface area (Å²) in [5.41, 5.74) is 5.19. The van der Waals surface area contributed by atoms with Crippen molar-refractivity contribution in [3.05, 3.63) is 12.7 Å². The number of carboxylic acid groups (broad SMARTS) is 1. The van der Waals surface area contributed by atoms with Gasteiger partial charge in [-0.2, -0.15) is 20.2 Å². The predicted molar refractivity (Wildman–Crippen MR) is 65.2 cm³/mol. The van der Waals surface area contributed by atoms with Crippen LogP contribution in [0, 0.1) is 0 Å². The highest BCUT2D eigenvalue weighted by Crippen LogP contribution is 1.97. The van der Waals surface area contributed by atoms with E-state index >= 15 is 0 Å². The maximum atomic E-state index is 10.1. The van der Waals surface area contributed by atoms with Gasteiger partial charge in [0, 0.05) is 0 Å². The molecule has 0 bridgehead atoms. The van der Waals surface area contributed by atoms with E-state index in [2.05, 4.69) is 6.58 Å². The van der Waals surface area contributed by atoms with Crippen LogP contribution in [0.2, 0.25) is 0 Å². The molecule has 0 heterocycles. The Hall–Kier alpha value is -0.570. The van der Waals surface area contributed by atoms with E-state index in [1.807, 2.05) is 6.26 Å². The molecule has 0 amide bonds. The molecule has 0 rings (SSSR count). The van der Waals surface area contributed by atoms with E-state index in [4.69, 9.17) is 15.4 Å². The fraction of sp³-hybridized carbons (Fsp3) is 0.625. The van der Waals surface area contributed by atoms with Crippen molar-refractivity contribution in [1.29, 1.82) is 0 Å². The summed E-state index contributed by atoms with van der Waals surface area (Å²) in [6.45, 7) is 3.11. The lowest BCUT2D eigenvalue weighted by Gasteiger charge is -2.02. The molecule has 6 nitrogen and oxygen atoms in total. The monoisotopic (exact) mass is 271 g/mol. The summed E-state index contributed by atoms with van der Waals surface area (Å²) in [5.74, 6) is -0.468. The molecule has 0 aliphatic carbocycles. The SMILES string of the molecule is C=CCS(=O)(=O)O.CSCC[C@H](N)C(=O)O. The summed E-state index contributed by atoms with van der Waals surface area (Å²) in [6, 6.07) is -0.683. The molecule has 1 atom stereocenters. The lowest BCUT2D eigenvalue weighted by molar-refractivity contribution is -0.138. The molecule has 0 aromatic rings. The lowest BCUT2D eigenvalue weighted by Crippen LogP contribution is -2.30. The summed E-state index contributed by atoms with van der Waals surface area (Å²) in [6.07, 6.45) is 3.60. The first kappa shape index (κ1) is 17.8. The van der Waals surface area contributed by atoms with Gasteiger partial charge in [0.1, 0.15) is 6.04 Å². The van der Waals surface area contributed by atoms with Crippen LogP contribution in [0.3, 0.4) is 0 Å². The van der Waals surface area contributed by atoms with Crippen molar-refractivity contribution in [3.8, 4) is 0 Å². The first-order valence-electron chi connectivity index (χ1n) is 4.28. The first-order valence-corrected chi connectivity index (χ1v) is 7.28. The van der Waals surface area contributed by atoms with Gasteiger partial charge in [-0.1, -0.05) is 6.08 Å². The summed E-state index contributed by atoms with van der Waals surface area (Å²) < 4.78 is 27.3. The number of rotatable bonds is 6. The van der Waals surface area contributed by atoms with Crippen LogP contribution in [0.25, 0.3) is 0 Å². The van der Waals surface area contributed by atoms with Crippen molar-refractivity contribution >= 4 is 27.8 Å². The van der Waals surface area contributed by atoms with Crippen LogP contribution in [0.5, 0.6) is 0 Å². The maximum Gasteiger partial charge on any atom is 0.320 e. The van der Waals surface area contributed by atoms with Gasteiger partial charge in [-0.15, -0.1) is 6.58 Å². The zero-order chi connectivity index (χ0) is 13.2. The van der Waals surface area contributed by atoms with Crippen molar-refractivity contribution in [2.24, 2.45) is 5.73 Å². The Balaban J connectivity index is 0. The van der Waals surface area contributed by atoms with Crippen LogP contribution >= 0.6 is 11.8 Å². The Morgan fingerprint density at radius 3 is 2.31 bits per heavy atom. The van der Waals surface area contributed by atoms with Crippen LogP contribution < -0.4 is 5.73 Å². The largest absolute Gasteiger partial charge is 0.480 e. The molecule has 0 saturated heterocycles. The van der Waals surface area contributed by atoms with Gasteiger partial charge in [0.2, 0.25) is 0 Å². The third kappa shape index (κ3) is 15.9. The number of nitrogens with two attached hydrogens (primary N) is 1. The molecule has 0 unspecified atom stereocenters. The molecule has 16 heavy (non-hydrogen) atoms. The molecular formula is C8H17NO5S2. The summed E-state index contributed by atoms with van der Waals surface area (Å²) >= 11 is 1.60. The van der Waals surface area contributed by atoms with Crippen LogP contribution in [0.1, 0.15) is 6.42 Å². The molecule has 0 aliphatic rings. The number of carboxylic acids is 1. The number of carbonyl (C=O) groups is 1. The van der Waals surface area contributed by atoms with Gasteiger partial charge in [0.05, 0.1) is 5.75 Å². The standard InChI is InChI=1S/C5H11NO2S.C3H6O3S/c1-9-3-2-4(6)5(7)8;1-2-3-7(4,5)6/h4H,2-3,6H2,1H3,(H,7,8);2H,1,3H2,(H,4,5,6)/t4-;/m0./s1. The highest BCUT2D eigenvalue weighted by atomic mass is 32.2. The third-order valence-corrected chi connectivity index (χ3v) is 2.58. The van der Waals surface area contributed by atoms with Gasteiger partial charge in [-0.3, -0.25) is 9.35 Å². The molecule has 0 aromatic carbocycles. The van der Waals surface area contributed by atoms with Gasteiger partial charge in [0.25, 0.3) is 10.1 Å². The second-order valence-corrected chi connectivity index (χ2v) is 5.25. The molecular weight excluding hydrogens is 254 g/mol. The Bertz CT molecular complexity index is 302. The second kappa shape index (κ2) is 9.64. The van der Waals surface area contributed by atoms with E-state index in [1.165, 1.54) is 0 Å². The zero-order valence-electron chi connectivity index (χ0n) is 9.00. The highest BCUT2D eigenvalue weighted by Gasteiger charge is 2.08. The molecule has 0 saturated carbocycles. The van der Waals surface area contributed by atoms with E-state index in [1.54, 1.807) is 11.8 Å². The van der Waals surface area contributed by atoms with E-state index in [0.29, 0.717) is 6.42 Å². The third-order valence-electron chi connectivity index (χ3n) is 1.28. The van der Waals surface area contributed by atoms with Gasteiger partial charge in [-0.05, 0) is 18.4 Å². The van der Waals surface area contributed by atoms with E-state index in [9.17, 15) is 13.2 Å². The molecule has 0 spiro atoms. The molecule has 4 N–H and O–H groups in total. The van der Waals surface area contributed by atoms with Crippen LogP contribution in [0.15, 0.2) is 12.7 Å². The molecule has 0 fully saturated rings. The number of thioether (sulfide) groups is 1. The lowest BCUT2D eigenvalue weighted by atomic mass is 10.2. The Kier molecular flexibility index (Phi) is 10.7. The quantitative estimate of drug-likeness (QED) is 0.467. The number of hydrogen-bond donors (Lipinski definition) is 3. The van der Waals surface area contributed by atoms with E-state index in [0.717, 1.165) is 11.8 Å². The minimum Gasteiger partial charge on any atom is -0.480 e. The van der Waals surface area contributed by atoms with Gasteiger partial charge in [0.15, 0.2) is 0 Å². The Morgan fingerprint density at radius 2 is 2.12 bits per heavy atom. The maximum absolute atomic E-state index is 10.1. The predicted octanol–water partition coefficient (Wildman–Crippen LogP) is 0.212. The molecule has 0 aromatic heterocycles. The fourth-order valence-corrected chi connectivity index (χ4v) is 1.30. The highest BCUT2D eigenvalue weighted by molar-refractivity contribution is 7.98. The Morgan fingerprint density at radius 1 is 1.62 bits per heavy atom. The van der Waals surface area contributed by atoms with E-state index < -0.39 is 22.1 Å². The van der Waals surface area contributed by atoms with Crippen molar-refractivity contribution in [3.63, 3.8) is 0 Å². The minimum atomic E-state index is -3.79. The number of hydrogen-bond acceptors (Lipinski definition) is 5. The van der Waals surface area contributed by atoms with Crippen molar-refractivity contribution in [2.45, 2.75) is 12.5 Å². The first-order chi connectivity index (χ1) is 7.24. The number of aliphatic carboxylic acids is 1. The van der Waals surface area contributed by atoms with Crippen molar-refractivity contribution in [2.75, 3.05) is 17.8 Å².